The van der Waals surface area contributed by atoms with Gasteiger partial charge in [-0.15, -0.1) is 0 Å². The molecule has 0 aliphatic rings. The van der Waals surface area contributed by atoms with E-state index in [9.17, 15) is 0 Å². The van der Waals surface area contributed by atoms with Crippen molar-refractivity contribution in [2.45, 2.75) is 78.4 Å². The number of rotatable bonds is 10. The average molecular weight is 277 g/mol. The van der Waals surface area contributed by atoms with Gasteiger partial charge in [0.1, 0.15) is 5.75 Å². The second-order valence-corrected chi connectivity index (χ2v) is 5.94. The minimum absolute atomic E-state index is 0.232. The van der Waals surface area contributed by atoms with E-state index < -0.39 is 0 Å². The maximum Gasteiger partial charge on any atom is 0.119 e. The molecular formula is C18H31NO. The number of unbranched alkanes of at least 4 members (excludes halogenated alkanes) is 4. The van der Waals surface area contributed by atoms with Crippen LogP contribution in [0.15, 0.2) is 24.3 Å². The highest BCUT2D eigenvalue weighted by atomic mass is 16.5. The number of hydrogen-bond donors (Lipinski definition) is 1. The Labute approximate surface area is 124 Å². The zero-order valence-electron chi connectivity index (χ0n) is 13.6. The molecule has 114 valence electrons. The lowest BCUT2D eigenvalue weighted by Crippen LogP contribution is -2.14. The van der Waals surface area contributed by atoms with E-state index >= 15 is 0 Å². The Balaban J connectivity index is 2.25. The molecule has 1 aromatic carbocycles. The van der Waals surface area contributed by atoms with Gasteiger partial charge in [-0.05, 0) is 51.5 Å². The summed E-state index contributed by atoms with van der Waals surface area (Å²) in [5, 5.41) is 3.56. The third kappa shape index (κ3) is 7.42. The summed E-state index contributed by atoms with van der Waals surface area (Å²) in [6, 6.07) is 8.82. The van der Waals surface area contributed by atoms with Gasteiger partial charge in [0.2, 0.25) is 0 Å². The highest BCUT2D eigenvalue weighted by molar-refractivity contribution is 5.46. The van der Waals surface area contributed by atoms with Crippen molar-refractivity contribution in [1.82, 2.24) is 0 Å². The van der Waals surface area contributed by atoms with Crippen molar-refractivity contribution in [2.75, 3.05) is 5.32 Å². The van der Waals surface area contributed by atoms with E-state index in [4.69, 9.17) is 4.74 Å². The molecule has 20 heavy (non-hydrogen) atoms. The molecule has 0 bridgehead atoms. The first kappa shape index (κ1) is 16.9. The van der Waals surface area contributed by atoms with Gasteiger partial charge in [0.25, 0.3) is 0 Å². The van der Waals surface area contributed by atoms with E-state index in [1.807, 2.05) is 26.0 Å². The van der Waals surface area contributed by atoms with Crippen LogP contribution in [-0.2, 0) is 0 Å². The first-order valence-corrected chi connectivity index (χ1v) is 8.15. The molecule has 1 rings (SSSR count). The number of hydrogen-bond acceptors (Lipinski definition) is 2. The van der Waals surface area contributed by atoms with Gasteiger partial charge < -0.3 is 10.1 Å². The van der Waals surface area contributed by atoms with Gasteiger partial charge in [-0.3, -0.25) is 0 Å². The number of nitrogens with one attached hydrogen (secondary N) is 1. The Morgan fingerprint density at radius 2 is 1.60 bits per heavy atom. The summed E-state index contributed by atoms with van der Waals surface area (Å²) in [5.41, 5.74) is 1.18. The van der Waals surface area contributed by atoms with Gasteiger partial charge in [0.15, 0.2) is 0 Å². The smallest absolute Gasteiger partial charge is 0.119 e. The van der Waals surface area contributed by atoms with E-state index in [1.165, 1.54) is 44.2 Å². The van der Waals surface area contributed by atoms with Gasteiger partial charge >= 0.3 is 0 Å². The molecule has 0 saturated heterocycles. The average Bonchev–Trinajstić information content (AvgIpc) is 2.40. The normalized spacial score (nSPS) is 12.4. The number of anilines is 1. The first-order valence-electron chi connectivity index (χ1n) is 8.15. The van der Waals surface area contributed by atoms with Crippen molar-refractivity contribution in [3.05, 3.63) is 24.3 Å². The summed E-state index contributed by atoms with van der Waals surface area (Å²) in [6.45, 7) is 8.62. The molecule has 0 aliphatic carbocycles. The van der Waals surface area contributed by atoms with E-state index in [0.29, 0.717) is 6.04 Å². The molecule has 0 radical (unpaired) electrons. The van der Waals surface area contributed by atoms with Crippen molar-refractivity contribution in [2.24, 2.45) is 0 Å². The molecule has 1 aromatic rings. The van der Waals surface area contributed by atoms with Gasteiger partial charge in [-0.2, -0.15) is 0 Å². The lowest BCUT2D eigenvalue weighted by Gasteiger charge is -2.16. The van der Waals surface area contributed by atoms with Crippen LogP contribution in [0, 0.1) is 0 Å². The van der Waals surface area contributed by atoms with Crippen LogP contribution in [0.1, 0.15) is 66.2 Å². The largest absolute Gasteiger partial charge is 0.491 e. The highest BCUT2D eigenvalue weighted by Crippen LogP contribution is 2.18. The molecule has 0 aliphatic heterocycles. The van der Waals surface area contributed by atoms with Crippen molar-refractivity contribution in [3.63, 3.8) is 0 Å². The Morgan fingerprint density at radius 3 is 2.20 bits per heavy atom. The first-order chi connectivity index (χ1) is 9.61. The second kappa shape index (κ2) is 9.68. The van der Waals surface area contributed by atoms with Gasteiger partial charge in [-0.1, -0.05) is 39.0 Å². The van der Waals surface area contributed by atoms with E-state index in [-0.39, 0.29) is 6.10 Å². The van der Waals surface area contributed by atoms with Crippen molar-refractivity contribution in [3.8, 4) is 5.75 Å². The molecule has 1 N–H and O–H groups in total. The summed E-state index contributed by atoms with van der Waals surface area (Å²) < 4.78 is 5.65. The zero-order valence-corrected chi connectivity index (χ0v) is 13.6. The second-order valence-electron chi connectivity index (χ2n) is 5.94. The van der Waals surface area contributed by atoms with Gasteiger partial charge in [0, 0.05) is 11.7 Å². The quantitative estimate of drug-likeness (QED) is 0.559. The fraction of sp³-hybridized carbons (Fsp3) is 0.667. The number of ether oxygens (including phenoxy) is 1. The van der Waals surface area contributed by atoms with Crippen LogP contribution < -0.4 is 10.1 Å². The predicted octanol–water partition coefficient (Wildman–Crippen LogP) is 5.63. The Bertz CT molecular complexity index is 345. The summed E-state index contributed by atoms with van der Waals surface area (Å²) in [7, 11) is 0. The maximum atomic E-state index is 5.65. The monoisotopic (exact) mass is 277 g/mol. The minimum Gasteiger partial charge on any atom is -0.491 e. The van der Waals surface area contributed by atoms with Gasteiger partial charge in [-0.25, -0.2) is 0 Å². The molecule has 0 heterocycles. The molecule has 0 aromatic heterocycles. The summed E-state index contributed by atoms with van der Waals surface area (Å²) >= 11 is 0. The Hall–Kier alpha value is -1.18. The predicted molar refractivity (Wildman–Crippen MR) is 88.7 cm³/mol. The topological polar surface area (TPSA) is 21.3 Å². The van der Waals surface area contributed by atoms with Crippen molar-refractivity contribution < 1.29 is 4.74 Å². The third-order valence-corrected chi connectivity index (χ3v) is 3.38. The highest BCUT2D eigenvalue weighted by Gasteiger charge is 2.03. The zero-order chi connectivity index (χ0) is 14.8. The molecule has 0 amide bonds. The van der Waals surface area contributed by atoms with Crippen LogP contribution in [0.2, 0.25) is 0 Å². The molecule has 1 unspecified atom stereocenters. The molecule has 1 atom stereocenters. The Morgan fingerprint density at radius 1 is 0.950 bits per heavy atom. The fourth-order valence-electron chi connectivity index (χ4n) is 2.31. The number of benzene rings is 1. The lowest BCUT2D eigenvalue weighted by molar-refractivity contribution is 0.242. The molecule has 0 fully saturated rings. The van der Waals surface area contributed by atoms with Crippen LogP contribution in [0.4, 0.5) is 5.69 Å². The van der Waals surface area contributed by atoms with Crippen LogP contribution in [0.3, 0.4) is 0 Å². The van der Waals surface area contributed by atoms with E-state index in [0.717, 1.165) is 5.75 Å². The fourth-order valence-corrected chi connectivity index (χ4v) is 2.31. The molecule has 0 saturated carbocycles. The van der Waals surface area contributed by atoms with Crippen molar-refractivity contribution >= 4 is 5.69 Å². The maximum absolute atomic E-state index is 5.65. The van der Waals surface area contributed by atoms with E-state index in [2.05, 4.69) is 31.3 Å². The Kier molecular flexibility index (Phi) is 8.17. The van der Waals surface area contributed by atoms with Crippen LogP contribution in [0.5, 0.6) is 5.75 Å². The van der Waals surface area contributed by atoms with Crippen LogP contribution in [-0.4, -0.2) is 12.1 Å². The minimum atomic E-state index is 0.232. The SMILES string of the molecule is CCCCCCCC(C)Nc1ccc(OC(C)C)cc1. The van der Waals surface area contributed by atoms with Crippen LogP contribution >= 0.6 is 0 Å². The standard InChI is InChI=1S/C18H31NO/c1-5-6-7-8-9-10-16(4)19-17-11-13-18(14-12-17)20-15(2)3/h11-16,19H,5-10H2,1-4H3. The van der Waals surface area contributed by atoms with Gasteiger partial charge in [0.05, 0.1) is 6.10 Å². The molecular weight excluding hydrogens is 246 g/mol. The third-order valence-electron chi connectivity index (χ3n) is 3.38. The van der Waals surface area contributed by atoms with E-state index in [1.54, 1.807) is 0 Å². The summed E-state index contributed by atoms with van der Waals surface area (Å²) in [5.74, 6) is 0.942. The van der Waals surface area contributed by atoms with Crippen molar-refractivity contribution in [1.29, 1.82) is 0 Å². The lowest BCUT2D eigenvalue weighted by atomic mass is 10.1. The molecule has 0 spiro atoms. The summed E-state index contributed by atoms with van der Waals surface area (Å²) in [6.07, 6.45) is 8.23. The molecule has 2 nitrogen and oxygen atoms in total. The van der Waals surface area contributed by atoms with Crippen LogP contribution in [0.25, 0.3) is 0 Å². The molecule has 2 heteroatoms. The summed E-state index contributed by atoms with van der Waals surface area (Å²) in [4.78, 5) is 0.